The van der Waals surface area contributed by atoms with Crippen molar-refractivity contribution in [2.75, 3.05) is 7.11 Å². The minimum atomic E-state index is -0.372. The van der Waals surface area contributed by atoms with Crippen LogP contribution in [0.2, 0.25) is 0 Å². The third kappa shape index (κ3) is 4.08. The van der Waals surface area contributed by atoms with E-state index in [0.29, 0.717) is 5.56 Å². The number of methoxy groups -OCH3 is 1. The number of hydrogen-bond donors (Lipinski definition) is 0. The van der Waals surface area contributed by atoms with Crippen LogP contribution in [-0.4, -0.2) is 31.4 Å². The number of ether oxygens (including phenoxy) is 1. The van der Waals surface area contributed by atoms with Gasteiger partial charge in [-0.2, -0.15) is 0 Å². The standard InChI is InChI=1S/C22H23BO4/c1-21(2)22(3,4)27-23(26-21)19-14-10-17(11-15-19)7-6-16-8-12-18(13-9-16)20(24)25-5/h8-15H,1-5H3. The van der Waals surface area contributed by atoms with E-state index in [0.717, 1.165) is 16.6 Å². The monoisotopic (exact) mass is 362 g/mol. The van der Waals surface area contributed by atoms with Crippen LogP contribution >= 0.6 is 0 Å². The first-order chi connectivity index (χ1) is 12.7. The molecule has 0 aliphatic carbocycles. The third-order valence-electron chi connectivity index (χ3n) is 5.09. The molecule has 0 aromatic heterocycles. The first-order valence-electron chi connectivity index (χ1n) is 8.88. The van der Waals surface area contributed by atoms with Crippen LogP contribution in [0.25, 0.3) is 0 Å². The zero-order chi connectivity index (χ0) is 19.7. The van der Waals surface area contributed by atoms with E-state index in [2.05, 4.69) is 16.6 Å². The van der Waals surface area contributed by atoms with Crippen molar-refractivity contribution < 1.29 is 18.8 Å². The molecule has 1 heterocycles. The van der Waals surface area contributed by atoms with Crippen molar-refractivity contribution in [3.05, 3.63) is 65.2 Å². The Balaban J connectivity index is 1.71. The van der Waals surface area contributed by atoms with Crippen LogP contribution < -0.4 is 5.46 Å². The van der Waals surface area contributed by atoms with E-state index in [9.17, 15) is 4.79 Å². The van der Waals surface area contributed by atoms with Gasteiger partial charge in [-0.15, -0.1) is 0 Å². The van der Waals surface area contributed by atoms with Crippen LogP contribution in [0.5, 0.6) is 0 Å². The molecule has 1 fully saturated rings. The molecule has 5 heteroatoms. The van der Waals surface area contributed by atoms with E-state index >= 15 is 0 Å². The van der Waals surface area contributed by atoms with Gasteiger partial charge < -0.3 is 14.0 Å². The van der Waals surface area contributed by atoms with Crippen LogP contribution in [-0.2, 0) is 14.0 Å². The van der Waals surface area contributed by atoms with Gasteiger partial charge in [0.2, 0.25) is 0 Å². The molecular weight excluding hydrogens is 339 g/mol. The molecule has 1 saturated heterocycles. The summed E-state index contributed by atoms with van der Waals surface area (Å²) in [4.78, 5) is 11.4. The molecule has 0 saturated carbocycles. The molecule has 0 bridgehead atoms. The van der Waals surface area contributed by atoms with Crippen molar-refractivity contribution in [1.29, 1.82) is 0 Å². The highest BCUT2D eigenvalue weighted by atomic mass is 16.7. The van der Waals surface area contributed by atoms with Gasteiger partial charge in [0.1, 0.15) is 0 Å². The molecule has 0 spiro atoms. The Kier molecular flexibility index (Phi) is 5.14. The zero-order valence-electron chi connectivity index (χ0n) is 16.3. The number of rotatable bonds is 2. The maximum Gasteiger partial charge on any atom is 0.494 e. The number of carbonyl (C=O) groups is 1. The lowest BCUT2D eigenvalue weighted by molar-refractivity contribution is 0.00578. The van der Waals surface area contributed by atoms with E-state index in [1.165, 1.54) is 7.11 Å². The average Bonchev–Trinajstić information content (AvgIpc) is 2.87. The van der Waals surface area contributed by atoms with Gasteiger partial charge in [0.25, 0.3) is 0 Å². The van der Waals surface area contributed by atoms with Gasteiger partial charge in [0.05, 0.1) is 23.9 Å². The van der Waals surface area contributed by atoms with E-state index in [4.69, 9.17) is 9.31 Å². The normalized spacial score (nSPS) is 17.1. The number of carbonyl (C=O) groups excluding carboxylic acids is 1. The molecule has 2 aromatic rings. The molecule has 0 atom stereocenters. The summed E-state index contributed by atoms with van der Waals surface area (Å²) in [6.45, 7) is 8.16. The van der Waals surface area contributed by atoms with Crippen LogP contribution in [0.4, 0.5) is 0 Å². The lowest BCUT2D eigenvalue weighted by Crippen LogP contribution is -2.41. The first kappa shape index (κ1) is 19.2. The van der Waals surface area contributed by atoms with Crippen LogP contribution in [0.1, 0.15) is 49.2 Å². The van der Waals surface area contributed by atoms with E-state index in [1.807, 2.05) is 52.0 Å². The summed E-state index contributed by atoms with van der Waals surface area (Å²) in [7, 11) is 0.992. The fraction of sp³-hybridized carbons (Fsp3) is 0.318. The van der Waals surface area contributed by atoms with Crippen LogP contribution in [0.15, 0.2) is 48.5 Å². The van der Waals surface area contributed by atoms with Crippen molar-refractivity contribution in [2.24, 2.45) is 0 Å². The zero-order valence-corrected chi connectivity index (χ0v) is 16.3. The maximum atomic E-state index is 11.4. The Morgan fingerprint density at radius 1 is 0.852 bits per heavy atom. The Bertz CT molecular complexity index is 871. The fourth-order valence-corrected chi connectivity index (χ4v) is 2.65. The summed E-state index contributed by atoms with van der Waals surface area (Å²) < 4.78 is 16.8. The minimum Gasteiger partial charge on any atom is -0.465 e. The minimum absolute atomic E-state index is 0.354. The molecule has 0 amide bonds. The second kappa shape index (κ2) is 7.23. The van der Waals surface area contributed by atoms with E-state index in [-0.39, 0.29) is 24.3 Å². The van der Waals surface area contributed by atoms with Gasteiger partial charge in [-0.1, -0.05) is 24.0 Å². The molecule has 1 aliphatic heterocycles. The average molecular weight is 362 g/mol. The van der Waals surface area contributed by atoms with Crippen LogP contribution in [0, 0.1) is 11.8 Å². The summed E-state index contributed by atoms with van der Waals surface area (Å²) in [5.74, 6) is 5.87. The number of hydrogen-bond acceptors (Lipinski definition) is 4. The molecular formula is C22H23BO4. The van der Waals surface area contributed by atoms with E-state index < -0.39 is 0 Å². The van der Waals surface area contributed by atoms with Gasteiger partial charge in [0, 0.05) is 11.1 Å². The third-order valence-corrected chi connectivity index (χ3v) is 5.09. The SMILES string of the molecule is COC(=O)c1ccc(C#Cc2ccc(B3OC(C)(C)C(C)(C)O3)cc2)cc1. The second-order valence-corrected chi connectivity index (χ2v) is 7.53. The predicted octanol–water partition coefficient (Wildman–Crippen LogP) is 3.17. The first-order valence-corrected chi connectivity index (χ1v) is 8.88. The quantitative estimate of drug-likeness (QED) is 0.468. The summed E-state index contributed by atoms with van der Waals surface area (Å²) in [6, 6.07) is 14.9. The second-order valence-electron chi connectivity index (χ2n) is 7.53. The molecule has 0 radical (unpaired) electrons. The topological polar surface area (TPSA) is 44.8 Å². The van der Waals surface area contributed by atoms with Crippen molar-refractivity contribution in [1.82, 2.24) is 0 Å². The highest BCUT2D eigenvalue weighted by molar-refractivity contribution is 6.62. The van der Waals surface area contributed by atoms with Crippen molar-refractivity contribution >= 4 is 18.6 Å². The predicted molar refractivity (Wildman–Crippen MR) is 106 cm³/mol. The Hall–Kier alpha value is -2.55. The molecule has 0 N–H and O–H groups in total. The van der Waals surface area contributed by atoms with E-state index in [1.54, 1.807) is 24.3 Å². The highest BCUT2D eigenvalue weighted by Crippen LogP contribution is 2.36. The molecule has 2 aromatic carbocycles. The lowest BCUT2D eigenvalue weighted by Gasteiger charge is -2.32. The van der Waals surface area contributed by atoms with Gasteiger partial charge in [-0.3, -0.25) is 0 Å². The number of esters is 1. The van der Waals surface area contributed by atoms with Gasteiger partial charge in [0.15, 0.2) is 0 Å². The van der Waals surface area contributed by atoms with Crippen molar-refractivity contribution in [3.63, 3.8) is 0 Å². The Morgan fingerprint density at radius 3 is 1.74 bits per heavy atom. The van der Waals surface area contributed by atoms with Crippen molar-refractivity contribution in [2.45, 2.75) is 38.9 Å². The fourth-order valence-electron chi connectivity index (χ4n) is 2.65. The largest absolute Gasteiger partial charge is 0.494 e. The maximum absolute atomic E-state index is 11.4. The van der Waals surface area contributed by atoms with Gasteiger partial charge >= 0.3 is 13.1 Å². The highest BCUT2D eigenvalue weighted by Gasteiger charge is 2.51. The molecule has 3 rings (SSSR count). The molecule has 0 unspecified atom stereocenters. The molecule has 138 valence electrons. The van der Waals surface area contributed by atoms with Crippen molar-refractivity contribution in [3.8, 4) is 11.8 Å². The van der Waals surface area contributed by atoms with Crippen LogP contribution in [0.3, 0.4) is 0 Å². The Morgan fingerprint density at radius 2 is 1.30 bits per heavy atom. The molecule has 1 aliphatic rings. The Labute approximate surface area is 161 Å². The molecule has 4 nitrogen and oxygen atoms in total. The summed E-state index contributed by atoms with van der Waals surface area (Å²) in [5, 5.41) is 0. The van der Waals surface area contributed by atoms with Gasteiger partial charge in [-0.25, -0.2) is 4.79 Å². The smallest absolute Gasteiger partial charge is 0.465 e. The summed E-state index contributed by atoms with van der Waals surface area (Å²) in [5.41, 5.74) is 2.50. The summed E-state index contributed by atoms with van der Waals surface area (Å²) >= 11 is 0. The van der Waals surface area contributed by atoms with Gasteiger partial charge in [-0.05, 0) is 69.6 Å². The lowest BCUT2D eigenvalue weighted by atomic mass is 9.79. The number of benzene rings is 2. The molecule has 27 heavy (non-hydrogen) atoms. The summed E-state index contributed by atoms with van der Waals surface area (Å²) in [6.07, 6.45) is 0.